The molecular formula is C41H33N5. The molecule has 5 aromatic rings. The van der Waals surface area contributed by atoms with Crippen LogP contribution in [0.3, 0.4) is 0 Å². The predicted molar refractivity (Wildman–Crippen MR) is 187 cm³/mol. The number of nitrogens with zero attached hydrogens (tertiary/aromatic N) is 5. The Hall–Kier alpha value is -5.86. The lowest BCUT2D eigenvalue weighted by molar-refractivity contribution is 0.383. The van der Waals surface area contributed by atoms with Gasteiger partial charge in [-0.3, -0.25) is 4.98 Å². The number of benzene rings is 4. The van der Waals surface area contributed by atoms with Crippen LogP contribution in [0.4, 0.5) is 0 Å². The van der Waals surface area contributed by atoms with Gasteiger partial charge in [0.2, 0.25) is 0 Å². The Morgan fingerprint density at radius 3 is 2.09 bits per heavy atom. The van der Waals surface area contributed by atoms with Gasteiger partial charge < -0.3 is 4.90 Å². The zero-order valence-electron chi connectivity index (χ0n) is 25.9. The third-order valence-electron chi connectivity index (χ3n) is 8.67. The van der Waals surface area contributed by atoms with Crippen molar-refractivity contribution in [3.8, 4) is 17.2 Å². The molecule has 5 heteroatoms. The van der Waals surface area contributed by atoms with Crippen LogP contribution in [0.5, 0.6) is 0 Å². The quantitative estimate of drug-likeness (QED) is 0.197. The summed E-state index contributed by atoms with van der Waals surface area (Å²) >= 11 is 0. The molecule has 1 aliphatic heterocycles. The fourth-order valence-electron chi connectivity index (χ4n) is 6.27. The van der Waals surface area contributed by atoms with E-state index < -0.39 is 0 Å². The van der Waals surface area contributed by atoms with E-state index in [0.717, 1.165) is 51.3 Å². The Bertz CT molecular complexity index is 2030. The highest BCUT2D eigenvalue weighted by molar-refractivity contribution is 6.12. The summed E-state index contributed by atoms with van der Waals surface area (Å²) in [6.07, 6.45) is 6.85. The summed E-state index contributed by atoms with van der Waals surface area (Å²) in [7, 11) is 2.05. The van der Waals surface area contributed by atoms with Crippen molar-refractivity contribution in [1.29, 1.82) is 5.26 Å². The number of nitriles is 1. The van der Waals surface area contributed by atoms with E-state index in [4.69, 9.17) is 9.98 Å². The maximum absolute atomic E-state index is 9.95. The first-order valence-electron chi connectivity index (χ1n) is 15.6. The Morgan fingerprint density at radius 1 is 0.717 bits per heavy atom. The van der Waals surface area contributed by atoms with Gasteiger partial charge in [-0.25, -0.2) is 9.98 Å². The average Bonchev–Trinajstić information content (AvgIpc) is 3.12. The van der Waals surface area contributed by atoms with E-state index in [1.165, 1.54) is 11.1 Å². The normalized spacial score (nSPS) is 17.7. The van der Waals surface area contributed by atoms with Crippen LogP contribution in [-0.2, 0) is 0 Å². The van der Waals surface area contributed by atoms with Gasteiger partial charge in [0, 0.05) is 24.4 Å². The van der Waals surface area contributed by atoms with Crippen molar-refractivity contribution in [2.45, 2.75) is 19.5 Å². The smallest absolute Gasteiger partial charge is 0.159 e. The Morgan fingerprint density at radius 2 is 1.41 bits per heavy atom. The van der Waals surface area contributed by atoms with Crippen molar-refractivity contribution in [1.82, 2.24) is 9.88 Å². The van der Waals surface area contributed by atoms with Gasteiger partial charge in [0.25, 0.3) is 0 Å². The van der Waals surface area contributed by atoms with Crippen molar-refractivity contribution in [2.75, 3.05) is 7.05 Å². The first-order chi connectivity index (χ1) is 22.6. The second kappa shape index (κ2) is 12.6. The lowest BCUT2D eigenvalue weighted by Crippen LogP contribution is -2.35. The minimum absolute atomic E-state index is 0.244. The molecule has 222 valence electrons. The maximum Gasteiger partial charge on any atom is 0.159 e. The minimum atomic E-state index is -0.244. The van der Waals surface area contributed by atoms with Crippen LogP contribution >= 0.6 is 0 Å². The molecule has 0 saturated heterocycles. The molecule has 1 aromatic heterocycles. The molecule has 4 aromatic carbocycles. The van der Waals surface area contributed by atoms with E-state index >= 15 is 0 Å². The van der Waals surface area contributed by atoms with Gasteiger partial charge in [-0.15, -0.1) is 0 Å². The van der Waals surface area contributed by atoms with Gasteiger partial charge >= 0.3 is 0 Å². The molecule has 46 heavy (non-hydrogen) atoms. The molecule has 2 aliphatic rings. The van der Waals surface area contributed by atoms with E-state index in [1.807, 2.05) is 86.0 Å². The van der Waals surface area contributed by atoms with Crippen LogP contribution < -0.4 is 0 Å². The lowest BCUT2D eigenvalue weighted by Gasteiger charge is -2.32. The molecule has 0 spiro atoms. The standard InChI is InChI=1S/C41H33N5/c1-28-23-34(38-15-9-10-22-43-38)20-21-37(28)36-25-29(27-42)24-35(26-36)30-16-18-33(19-17-30)41-45-39(31-11-5-3-6-12-31)44-40(46(41)2)32-13-7-4-8-14-32/h3-22,24-26,28,41H,23H2,1-2H3. The number of pyridine rings is 1. The summed E-state index contributed by atoms with van der Waals surface area (Å²) in [5.74, 6) is 1.89. The molecule has 0 amide bonds. The van der Waals surface area contributed by atoms with Gasteiger partial charge in [-0.1, -0.05) is 110 Å². The first kappa shape index (κ1) is 28.9. The van der Waals surface area contributed by atoms with Crippen LogP contribution in [0.15, 0.2) is 150 Å². The van der Waals surface area contributed by atoms with Crippen molar-refractivity contribution >= 4 is 22.8 Å². The number of aromatic nitrogens is 1. The summed E-state index contributed by atoms with van der Waals surface area (Å²) in [4.78, 5) is 16.8. The second-order valence-corrected chi connectivity index (χ2v) is 11.8. The van der Waals surface area contributed by atoms with Crippen molar-refractivity contribution in [2.24, 2.45) is 15.9 Å². The monoisotopic (exact) mass is 595 g/mol. The summed E-state index contributed by atoms with van der Waals surface area (Å²) in [6.45, 7) is 2.24. The Balaban J connectivity index is 1.22. The number of hydrogen-bond donors (Lipinski definition) is 0. The van der Waals surface area contributed by atoms with Crippen LogP contribution in [0.25, 0.3) is 22.3 Å². The Labute approximate surface area is 270 Å². The summed E-state index contributed by atoms with van der Waals surface area (Å²) < 4.78 is 0. The largest absolute Gasteiger partial charge is 0.333 e. The maximum atomic E-state index is 9.95. The topological polar surface area (TPSA) is 64.6 Å². The molecule has 0 radical (unpaired) electrons. The molecule has 2 atom stereocenters. The molecule has 2 unspecified atom stereocenters. The molecule has 5 nitrogen and oxygen atoms in total. The zero-order chi connectivity index (χ0) is 31.5. The molecule has 1 aliphatic carbocycles. The zero-order valence-corrected chi connectivity index (χ0v) is 25.9. The van der Waals surface area contributed by atoms with E-state index in [-0.39, 0.29) is 6.17 Å². The summed E-state index contributed by atoms with van der Waals surface area (Å²) in [6, 6.07) is 43.5. The van der Waals surface area contributed by atoms with Gasteiger partial charge in [0.05, 0.1) is 17.3 Å². The van der Waals surface area contributed by atoms with Crippen LogP contribution in [0, 0.1) is 17.2 Å². The number of amidine groups is 2. The summed E-state index contributed by atoms with van der Waals surface area (Å²) in [5.41, 5.74) is 10.4. The van der Waals surface area contributed by atoms with E-state index in [0.29, 0.717) is 17.3 Å². The highest BCUT2D eigenvalue weighted by Gasteiger charge is 2.27. The van der Waals surface area contributed by atoms with E-state index in [9.17, 15) is 5.26 Å². The van der Waals surface area contributed by atoms with Gasteiger partial charge in [-0.2, -0.15) is 5.26 Å². The number of hydrogen-bond acceptors (Lipinski definition) is 5. The predicted octanol–water partition coefficient (Wildman–Crippen LogP) is 8.96. The molecule has 0 fully saturated rings. The third-order valence-corrected chi connectivity index (χ3v) is 8.67. The van der Waals surface area contributed by atoms with Gasteiger partial charge in [0.1, 0.15) is 12.0 Å². The highest BCUT2D eigenvalue weighted by atomic mass is 15.3. The molecule has 0 bridgehead atoms. The number of allylic oxidation sites excluding steroid dienone is 4. The van der Waals surface area contributed by atoms with E-state index in [2.05, 4.69) is 83.6 Å². The minimum Gasteiger partial charge on any atom is -0.333 e. The van der Waals surface area contributed by atoms with Crippen molar-refractivity contribution < 1.29 is 0 Å². The molecule has 2 heterocycles. The number of aliphatic imine (C=N–C) groups is 2. The van der Waals surface area contributed by atoms with Gasteiger partial charge in [-0.05, 0) is 76.1 Å². The fourth-order valence-corrected chi connectivity index (χ4v) is 6.27. The highest BCUT2D eigenvalue weighted by Crippen LogP contribution is 2.38. The fraction of sp³-hybridized carbons (Fsp3) is 0.122. The van der Waals surface area contributed by atoms with Crippen LogP contribution in [0.2, 0.25) is 0 Å². The summed E-state index contributed by atoms with van der Waals surface area (Å²) in [5, 5.41) is 9.95. The number of rotatable bonds is 6. The van der Waals surface area contributed by atoms with Crippen LogP contribution in [0.1, 0.15) is 53.0 Å². The molecule has 0 saturated carbocycles. The second-order valence-electron chi connectivity index (χ2n) is 11.8. The van der Waals surface area contributed by atoms with Crippen molar-refractivity contribution in [3.05, 3.63) is 173 Å². The molecular weight excluding hydrogens is 562 g/mol. The van der Waals surface area contributed by atoms with E-state index in [1.54, 1.807) is 0 Å². The molecule has 7 rings (SSSR count). The van der Waals surface area contributed by atoms with Gasteiger partial charge in [0.15, 0.2) is 5.84 Å². The Kier molecular flexibility index (Phi) is 7.93. The molecule has 0 N–H and O–H groups in total. The van der Waals surface area contributed by atoms with Crippen LogP contribution in [-0.4, -0.2) is 28.6 Å². The average molecular weight is 596 g/mol. The SMILES string of the molecule is CC1CC(c2ccccn2)=CC=C1c1cc(C#N)cc(-c2ccc(C3N=C(c4ccccc4)N=C(c4ccccc4)N3C)cc2)c1. The van der Waals surface area contributed by atoms with Crippen molar-refractivity contribution in [3.63, 3.8) is 0 Å². The third kappa shape index (κ3) is 5.81. The lowest BCUT2D eigenvalue weighted by atomic mass is 9.82. The first-order valence-corrected chi connectivity index (χ1v) is 15.6.